The van der Waals surface area contributed by atoms with Crippen LogP contribution in [0, 0.1) is 6.07 Å². The van der Waals surface area contributed by atoms with Gasteiger partial charge in [0.15, 0.2) is 5.65 Å². The maximum Gasteiger partial charge on any atom is 0.223 e. The zero-order valence-corrected chi connectivity index (χ0v) is 28.3. The second-order valence-electron chi connectivity index (χ2n) is 13.2. The molecule has 0 unspecified atom stereocenters. The van der Waals surface area contributed by atoms with E-state index < -0.39 is 0 Å². The van der Waals surface area contributed by atoms with Gasteiger partial charge in [-0.05, 0) is 52.8 Å². The summed E-state index contributed by atoms with van der Waals surface area (Å²) >= 11 is 0. The van der Waals surface area contributed by atoms with Crippen LogP contribution in [-0.2, 0) is 31.9 Å². The number of hydrogen-bond acceptors (Lipinski definition) is 5. The predicted octanol–water partition coefficient (Wildman–Crippen LogP) is 8.78. The van der Waals surface area contributed by atoms with Gasteiger partial charge in [0.05, 0.1) is 22.3 Å². The first-order valence-corrected chi connectivity index (χ1v) is 14.8. The number of aromatic hydroxyl groups is 1. The van der Waals surface area contributed by atoms with Crippen molar-refractivity contribution in [3.05, 3.63) is 108 Å². The minimum absolute atomic E-state index is 0. The number of rotatable bonds is 4. The van der Waals surface area contributed by atoms with Crippen molar-refractivity contribution in [2.24, 2.45) is 0 Å². The number of hydrogen-bond donors (Lipinski definition) is 1. The first kappa shape index (κ1) is 30.5. The second-order valence-corrected chi connectivity index (χ2v) is 13.2. The van der Waals surface area contributed by atoms with Gasteiger partial charge in [0.25, 0.3) is 0 Å². The molecule has 0 atom stereocenters. The number of phenols is 1. The summed E-state index contributed by atoms with van der Waals surface area (Å²) in [5.41, 5.74) is 7.23. The topological polar surface area (TPSA) is 77.5 Å². The fraction of sp³-hybridized carbons (Fsp3) is 0.216. The van der Waals surface area contributed by atoms with E-state index in [9.17, 15) is 5.11 Å². The SMILES string of the molecule is CC(C)(C)c1ccc(O)c(-c2[c-]c(Oc3ccc4c(n3)n(-c3ccccn3)c3nc5ccc(C(C)(C)C)cc5n43)ccc2)c1.[Pt]. The summed E-state index contributed by atoms with van der Waals surface area (Å²) in [5.74, 6) is 2.55. The van der Waals surface area contributed by atoms with Crippen molar-refractivity contribution in [1.29, 1.82) is 0 Å². The molecule has 0 spiro atoms. The van der Waals surface area contributed by atoms with Crippen LogP contribution >= 0.6 is 0 Å². The standard InChI is InChI=1S/C37H34N5O2.Pt/c1-36(2,3)24-14-17-31(43)27(21-24)23-10-9-11-26(20-23)44-33-18-16-29-34(40-33)42(32-12-7-8-19-38-32)35-39-28-15-13-25(37(4,5)6)22-30(28)41(29)35;/h7-19,21-22,43H,1-6H3;/q-1;. The molecule has 0 amide bonds. The van der Waals surface area contributed by atoms with Crippen LogP contribution in [0.25, 0.3) is 44.9 Å². The average molecular weight is 776 g/mol. The molecule has 0 radical (unpaired) electrons. The van der Waals surface area contributed by atoms with Crippen molar-refractivity contribution in [1.82, 2.24) is 23.9 Å². The quantitative estimate of drug-likeness (QED) is 0.181. The number of imidazole rings is 2. The van der Waals surface area contributed by atoms with Crippen molar-refractivity contribution in [3.63, 3.8) is 0 Å². The van der Waals surface area contributed by atoms with Gasteiger partial charge in [-0.1, -0.05) is 83.0 Å². The van der Waals surface area contributed by atoms with Gasteiger partial charge >= 0.3 is 0 Å². The van der Waals surface area contributed by atoms with E-state index in [1.807, 2.05) is 65.2 Å². The Morgan fingerprint density at radius 1 is 0.756 bits per heavy atom. The van der Waals surface area contributed by atoms with Gasteiger partial charge in [-0.2, -0.15) is 4.98 Å². The van der Waals surface area contributed by atoms with Gasteiger partial charge in [0.2, 0.25) is 11.7 Å². The first-order chi connectivity index (χ1) is 21.0. The molecule has 4 aromatic heterocycles. The molecule has 3 aromatic carbocycles. The fourth-order valence-electron chi connectivity index (χ4n) is 5.52. The van der Waals surface area contributed by atoms with E-state index in [4.69, 9.17) is 14.7 Å². The minimum atomic E-state index is -0.0577. The molecule has 0 bridgehead atoms. The molecule has 4 heterocycles. The Bertz CT molecular complexity index is 2190. The van der Waals surface area contributed by atoms with Gasteiger partial charge in [0, 0.05) is 39.1 Å². The van der Waals surface area contributed by atoms with Gasteiger partial charge in [-0.25, -0.2) is 14.5 Å². The van der Waals surface area contributed by atoms with E-state index in [1.54, 1.807) is 12.3 Å². The fourth-order valence-corrected chi connectivity index (χ4v) is 5.52. The van der Waals surface area contributed by atoms with E-state index in [0.717, 1.165) is 33.5 Å². The third-order valence-electron chi connectivity index (χ3n) is 8.00. The Morgan fingerprint density at radius 3 is 2.24 bits per heavy atom. The van der Waals surface area contributed by atoms with Gasteiger partial charge in [-0.15, -0.1) is 23.8 Å². The molecule has 0 saturated carbocycles. The molecular weight excluding hydrogens is 742 g/mol. The van der Waals surface area contributed by atoms with Gasteiger partial charge in [0.1, 0.15) is 5.82 Å². The predicted molar refractivity (Wildman–Crippen MR) is 175 cm³/mol. The monoisotopic (exact) mass is 775 g/mol. The smallest absolute Gasteiger partial charge is 0.223 e. The third-order valence-corrected chi connectivity index (χ3v) is 8.00. The maximum atomic E-state index is 10.7. The normalized spacial score (nSPS) is 12.1. The number of benzene rings is 3. The summed E-state index contributed by atoms with van der Waals surface area (Å²) in [4.78, 5) is 14.6. The number of fused-ring (bicyclic) bond motifs is 5. The molecule has 0 aliphatic carbocycles. The molecule has 230 valence electrons. The van der Waals surface area contributed by atoms with Crippen LogP contribution in [0.3, 0.4) is 0 Å². The average Bonchev–Trinajstić information content (AvgIpc) is 3.50. The number of aromatic nitrogens is 5. The Labute approximate surface area is 276 Å². The van der Waals surface area contributed by atoms with Crippen LogP contribution in [0.1, 0.15) is 52.7 Å². The zero-order chi connectivity index (χ0) is 30.8. The van der Waals surface area contributed by atoms with Crippen molar-refractivity contribution in [2.75, 3.05) is 0 Å². The van der Waals surface area contributed by atoms with Crippen LogP contribution in [0.15, 0.2) is 91.1 Å². The molecule has 0 saturated heterocycles. The van der Waals surface area contributed by atoms with E-state index in [0.29, 0.717) is 28.7 Å². The Morgan fingerprint density at radius 2 is 1.51 bits per heavy atom. The third kappa shape index (κ3) is 5.51. The molecular formula is C37H34N5O2Pt-. The number of nitrogens with zero attached hydrogens (tertiary/aromatic N) is 5. The molecule has 7 aromatic rings. The van der Waals surface area contributed by atoms with Gasteiger partial charge < -0.3 is 9.84 Å². The van der Waals surface area contributed by atoms with Crippen LogP contribution in [0.2, 0.25) is 0 Å². The Hall–Kier alpha value is -4.48. The molecule has 8 heteroatoms. The maximum absolute atomic E-state index is 10.7. The molecule has 0 aliphatic rings. The number of ether oxygens (including phenoxy) is 1. The number of pyridine rings is 2. The Kier molecular flexibility index (Phi) is 7.57. The van der Waals surface area contributed by atoms with Crippen LogP contribution < -0.4 is 4.74 Å². The molecule has 0 fully saturated rings. The van der Waals surface area contributed by atoms with E-state index >= 15 is 0 Å². The van der Waals surface area contributed by atoms with Crippen molar-refractivity contribution < 1.29 is 30.9 Å². The summed E-state index contributed by atoms with van der Waals surface area (Å²) in [7, 11) is 0. The molecule has 7 rings (SSSR count). The van der Waals surface area contributed by atoms with Crippen molar-refractivity contribution >= 4 is 28.0 Å². The number of phenolic OH excluding ortho intramolecular Hbond substituents is 1. The summed E-state index contributed by atoms with van der Waals surface area (Å²) in [5, 5.41) is 10.7. The molecule has 45 heavy (non-hydrogen) atoms. The van der Waals surface area contributed by atoms with E-state index in [2.05, 4.69) is 75.2 Å². The van der Waals surface area contributed by atoms with Crippen molar-refractivity contribution in [3.8, 4) is 34.3 Å². The Balaban J connectivity index is 0.00000357. The summed E-state index contributed by atoms with van der Waals surface area (Å²) in [6.07, 6.45) is 1.77. The van der Waals surface area contributed by atoms with E-state index in [-0.39, 0.29) is 37.6 Å². The zero-order valence-electron chi connectivity index (χ0n) is 26.1. The largest absolute Gasteiger partial charge is 0.517 e. The van der Waals surface area contributed by atoms with Crippen LogP contribution in [-0.4, -0.2) is 29.0 Å². The van der Waals surface area contributed by atoms with Crippen LogP contribution in [0.5, 0.6) is 17.4 Å². The van der Waals surface area contributed by atoms with Gasteiger partial charge in [-0.3, -0.25) is 4.40 Å². The first-order valence-electron chi connectivity index (χ1n) is 14.8. The molecule has 1 N–H and O–H groups in total. The minimum Gasteiger partial charge on any atom is -0.517 e. The molecule has 0 aliphatic heterocycles. The van der Waals surface area contributed by atoms with Crippen LogP contribution in [0.4, 0.5) is 0 Å². The summed E-state index contributed by atoms with van der Waals surface area (Å²) < 4.78 is 10.4. The molecule has 7 nitrogen and oxygen atoms in total. The summed E-state index contributed by atoms with van der Waals surface area (Å²) in [6.45, 7) is 13.1. The summed E-state index contributed by atoms with van der Waals surface area (Å²) in [6, 6.07) is 30.8. The second kappa shape index (κ2) is 11.1. The van der Waals surface area contributed by atoms with E-state index in [1.165, 1.54) is 5.56 Å². The van der Waals surface area contributed by atoms with Crippen molar-refractivity contribution in [2.45, 2.75) is 52.4 Å².